The third kappa shape index (κ3) is 1.11. The molecule has 1 aromatic carbocycles. The Hall–Kier alpha value is -1.42. The van der Waals surface area contributed by atoms with E-state index in [1.165, 1.54) is 12.1 Å². The maximum absolute atomic E-state index is 12.8. The molecule has 0 amide bonds. The number of rotatable bonds is 1. The molecule has 14 heavy (non-hydrogen) atoms. The molecule has 0 fully saturated rings. The first kappa shape index (κ1) is 9.15. The van der Waals surface area contributed by atoms with Crippen LogP contribution in [0.25, 0.3) is 0 Å². The zero-order valence-corrected chi connectivity index (χ0v) is 7.33. The van der Waals surface area contributed by atoms with Gasteiger partial charge in [-0.1, -0.05) is 6.07 Å². The summed E-state index contributed by atoms with van der Waals surface area (Å²) in [5.74, 6) is -1.68. The summed E-state index contributed by atoms with van der Waals surface area (Å²) >= 11 is 0. The molecule has 74 valence electrons. The van der Waals surface area contributed by atoms with Gasteiger partial charge in [-0.15, -0.1) is 0 Å². The molecule has 0 aromatic heterocycles. The third-order valence-electron chi connectivity index (χ3n) is 2.62. The van der Waals surface area contributed by atoms with Crippen molar-refractivity contribution >= 4 is 5.97 Å². The highest BCUT2D eigenvalue weighted by Gasteiger charge is 2.43. The van der Waals surface area contributed by atoms with Gasteiger partial charge < -0.3 is 10.2 Å². The minimum absolute atomic E-state index is 0.112. The molecule has 0 radical (unpaired) electrons. The van der Waals surface area contributed by atoms with Crippen molar-refractivity contribution in [2.24, 2.45) is 0 Å². The number of carbonyl (C=O) groups is 1. The second-order valence-corrected chi connectivity index (χ2v) is 3.47. The van der Waals surface area contributed by atoms with Crippen molar-refractivity contribution in [3.8, 4) is 0 Å². The number of carboxylic acid groups (broad SMARTS) is 1. The van der Waals surface area contributed by atoms with Crippen molar-refractivity contribution in [3.05, 3.63) is 35.1 Å². The number of aryl methyl sites for hydroxylation is 1. The largest absolute Gasteiger partial charge is 0.479 e. The van der Waals surface area contributed by atoms with Crippen molar-refractivity contribution < 1.29 is 19.4 Å². The Morgan fingerprint density at radius 1 is 1.50 bits per heavy atom. The predicted molar refractivity (Wildman–Crippen MR) is 46.3 cm³/mol. The zero-order valence-electron chi connectivity index (χ0n) is 7.33. The first-order chi connectivity index (χ1) is 6.54. The van der Waals surface area contributed by atoms with Crippen molar-refractivity contribution in [3.63, 3.8) is 0 Å². The van der Waals surface area contributed by atoms with E-state index in [9.17, 15) is 14.3 Å². The van der Waals surface area contributed by atoms with Crippen LogP contribution in [-0.4, -0.2) is 16.2 Å². The van der Waals surface area contributed by atoms with Gasteiger partial charge in [0.2, 0.25) is 0 Å². The van der Waals surface area contributed by atoms with Crippen molar-refractivity contribution in [2.45, 2.75) is 18.4 Å². The van der Waals surface area contributed by atoms with Crippen LogP contribution in [0.1, 0.15) is 17.5 Å². The Bertz CT molecular complexity index is 402. The van der Waals surface area contributed by atoms with E-state index in [-0.39, 0.29) is 6.42 Å². The van der Waals surface area contributed by atoms with Crippen molar-refractivity contribution in [2.75, 3.05) is 0 Å². The van der Waals surface area contributed by atoms with Crippen LogP contribution in [0.3, 0.4) is 0 Å². The summed E-state index contributed by atoms with van der Waals surface area (Å²) in [4.78, 5) is 10.8. The quantitative estimate of drug-likeness (QED) is 0.705. The monoisotopic (exact) mass is 196 g/mol. The summed E-state index contributed by atoms with van der Waals surface area (Å²) < 4.78 is 12.8. The lowest BCUT2D eigenvalue weighted by Gasteiger charge is -2.17. The van der Waals surface area contributed by atoms with Crippen LogP contribution in [-0.2, 0) is 16.8 Å². The number of aliphatic hydroxyl groups is 1. The lowest BCUT2D eigenvalue weighted by atomic mass is 9.96. The number of halogens is 1. The van der Waals surface area contributed by atoms with E-state index >= 15 is 0 Å². The smallest absolute Gasteiger partial charge is 0.340 e. The van der Waals surface area contributed by atoms with Crippen LogP contribution >= 0.6 is 0 Å². The third-order valence-corrected chi connectivity index (χ3v) is 2.62. The number of hydrogen-bond donors (Lipinski definition) is 2. The molecule has 1 aliphatic rings. The van der Waals surface area contributed by atoms with E-state index in [1.807, 2.05) is 0 Å². The first-order valence-corrected chi connectivity index (χ1v) is 4.29. The van der Waals surface area contributed by atoms with Crippen LogP contribution in [0.4, 0.5) is 4.39 Å². The van der Waals surface area contributed by atoms with E-state index in [2.05, 4.69) is 0 Å². The number of aliphatic carboxylic acids is 1. The minimum Gasteiger partial charge on any atom is -0.479 e. The van der Waals surface area contributed by atoms with Gasteiger partial charge in [-0.3, -0.25) is 0 Å². The molecule has 0 spiro atoms. The molecule has 2 rings (SSSR count). The number of carboxylic acids is 1. The van der Waals surface area contributed by atoms with Gasteiger partial charge in [-0.25, -0.2) is 9.18 Å². The topological polar surface area (TPSA) is 57.5 Å². The van der Waals surface area contributed by atoms with Crippen LogP contribution < -0.4 is 0 Å². The molecule has 1 unspecified atom stereocenters. The predicted octanol–water partition coefficient (Wildman–Crippen LogP) is 1.04. The fourth-order valence-corrected chi connectivity index (χ4v) is 1.84. The molecule has 3 nitrogen and oxygen atoms in total. The average Bonchev–Trinajstić information content (AvgIpc) is 2.45. The Kier molecular flexibility index (Phi) is 1.82. The zero-order chi connectivity index (χ0) is 10.3. The van der Waals surface area contributed by atoms with Gasteiger partial charge in [-0.2, -0.15) is 0 Å². The maximum atomic E-state index is 12.8. The van der Waals surface area contributed by atoms with Crippen LogP contribution in [0, 0.1) is 5.82 Å². The van der Waals surface area contributed by atoms with Crippen LogP contribution in [0.2, 0.25) is 0 Å². The van der Waals surface area contributed by atoms with E-state index < -0.39 is 17.4 Å². The molecule has 0 aliphatic heterocycles. The Balaban J connectivity index is 2.55. The summed E-state index contributed by atoms with van der Waals surface area (Å²) in [7, 11) is 0. The molecule has 0 saturated carbocycles. The SMILES string of the molecule is O=C(O)C1(O)CCc2cc(F)ccc21. The second kappa shape index (κ2) is 2.78. The molecule has 4 heteroatoms. The minimum atomic E-state index is -1.83. The van der Waals surface area contributed by atoms with E-state index in [0.29, 0.717) is 17.5 Å². The second-order valence-electron chi connectivity index (χ2n) is 3.47. The summed E-state index contributed by atoms with van der Waals surface area (Å²) in [5, 5.41) is 18.6. The number of fused-ring (bicyclic) bond motifs is 1. The van der Waals surface area contributed by atoms with Gasteiger partial charge >= 0.3 is 5.97 Å². The molecular weight excluding hydrogens is 187 g/mol. The van der Waals surface area contributed by atoms with Gasteiger partial charge in [0.1, 0.15) is 5.82 Å². The van der Waals surface area contributed by atoms with Crippen LogP contribution in [0.15, 0.2) is 18.2 Å². The van der Waals surface area contributed by atoms with Gasteiger partial charge in [0, 0.05) is 0 Å². The van der Waals surface area contributed by atoms with Gasteiger partial charge in [-0.05, 0) is 36.1 Å². The van der Waals surface area contributed by atoms with E-state index in [4.69, 9.17) is 5.11 Å². The van der Waals surface area contributed by atoms with Gasteiger partial charge in [0.05, 0.1) is 0 Å². The van der Waals surface area contributed by atoms with Gasteiger partial charge in [0.25, 0.3) is 0 Å². The Morgan fingerprint density at radius 2 is 2.21 bits per heavy atom. The standard InChI is InChI=1S/C10H9FO3/c11-7-1-2-8-6(5-7)3-4-10(8,14)9(12)13/h1-2,5,14H,3-4H2,(H,12,13). The number of benzene rings is 1. The fourth-order valence-electron chi connectivity index (χ4n) is 1.84. The lowest BCUT2D eigenvalue weighted by Crippen LogP contribution is -2.32. The molecule has 0 bridgehead atoms. The molecule has 0 saturated heterocycles. The fraction of sp³-hybridized carbons (Fsp3) is 0.300. The molecule has 1 aliphatic carbocycles. The highest BCUT2D eigenvalue weighted by Crippen LogP contribution is 2.37. The van der Waals surface area contributed by atoms with Crippen molar-refractivity contribution in [1.29, 1.82) is 0 Å². The van der Waals surface area contributed by atoms with Crippen LogP contribution in [0.5, 0.6) is 0 Å². The summed E-state index contributed by atoms with van der Waals surface area (Å²) in [5.41, 5.74) is -0.940. The summed E-state index contributed by atoms with van der Waals surface area (Å²) in [6.07, 6.45) is 0.511. The van der Waals surface area contributed by atoms with Crippen molar-refractivity contribution in [1.82, 2.24) is 0 Å². The molecule has 0 heterocycles. The average molecular weight is 196 g/mol. The maximum Gasteiger partial charge on any atom is 0.340 e. The summed E-state index contributed by atoms with van der Waals surface area (Å²) in [6.45, 7) is 0. The molecule has 1 aromatic rings. The lowest BCUT2D eigenvalue weighted by molar-refractivity contribution is -0.159. The van der Waals surface area contributed by atoms with Gasteiger partial charge in [0.15, 0.2) is 5.60 Å². The molecule has 1 atom stereocenters. The first-order valence-electron chi connectivity index (χ1n) is 4.29. The highest BCUT2D eigenvalue weighted by molar-refractivity contribution is 5.80. The summed E-state index contributed by atoms with van der Waals surface area (Å²) in [6, 6.07) is 3.78. The Labute approximate surface area is 79.8 Å². The van der Waals surface area contributed by atoms with E-state index in [0.717, 1.165) is 6.07 Å². The molecule has 2 N–H and O–H groups in total. The number of hydrogen-bond acceptors (Lipinski definition) is 2. The normalized spacial score (nSPS) is 24.7. The Morgan fingerprint density at radius 3 is 2.86 bits per heavy atom. The van der Waals surface area contributed by atoms with E-state index in [1.54, 1.807) is 0 Å². The molecular formula is C10H9FO3. The highest BCUT2D eigenvalue weighted by atomic mass is 19.1.